The van der Waals surface area contributed by atoms with Crippen LogP contribution in [0.1, 0.15) is 51.9 Å². The van der Waals surface area contributed by atoms with Gasteiger partial charge in [-0.15, -0.1) is 0 Å². The van der Waals surface area contributed by atoms with Gasteiger partial charge in [0.2, 0.25) is 0 Å². The van der Waals surface area contributed by atoms with Crippen LogP contribution in [-0.4, -0.2) is 55.4 Å². The molecule has 1 aliphatic carbocycles. The van der Waals surface area contributed by atoms with Gasteiger partial charge in [0, 0.05) is 24.5 Å². The normalized spacial score (nSPS) is 42.5. The molecule has 0 aromatic carbocycles. The highest BCUT2D eigenvalue weighted by Gasteiger charge is 2.40. The first kappa shape index (κ1) is 15.5. The number of rotatable bonds is 3. The standard InChI is InChI=1S/C18H32N2O/c1-15-5-3-8-18(11-15,14-21)13-20-10-7-17-16(12-20)6-4-9-19(17)2/h14-17H,3-13H2,1-2H3. The molecule has 0 amide bonds. The van der Waals surface area contributed by atoms with E-state index in [9.17, 15) is 4.79 Å². The Kier molecular flexibility index (Phi) is 4.70. The SMILES string of the molecule is CC1CCCC(C=O)(CN2CCC3C(CCCN3C)C2)C1. The largest absolute Gasteiger partial charge is 0.303 e. The molecular formula is C18H32N2O. The highest BCUT2D eigenvalue weighted by atomic mass is 16.1. The number of nitrogens with zero attached hydrogens (tertiary/aromatic N) is 2. The van der Waals surface area contributed by atoms with Crippen LogP contribution in [0.15, 0.2) is 0 Å². The van der Waals surface area contributed by atoms with Crippen LogP contribution in [-0.2, 0) is 4.79 Å². The molecule has 3 rings (SSSR count). The molecule has 0 aromatic heterocycles. The number of aldehydes is 1. The van der Waals surface area contributed by atoms with Crippen molar-refractivity contribution in [2.45, 2.75) is 57.9 Å². The molecule has 3 fully saturated rings. The van der Waals surface area contributed by atoms with Crippen LogP contribution in [0.4, 0.5) is 0 Å². The van der Waals surface area contributed by atoms with Gasteiger partial charge in [0.05, 0.1) is 0 Å². The summed E-state index contributed by atoms with van der Waals surface area (Å²) in [6.45, 7) is 7.03. The zero-order valence-corrected chi connectivity index (χ0v) is 13.9. The van der Waals surface area contributed by atoms with Crippen molar-refractivity contribution in [3.8, 4) is 0 Å². The van der Waals surface area contributed by atoms with Gasteiger partial charge >= 0.3 is 0 Å². The minimum absolute atomic E-state index is 0.0366. The lowest BCUT2D eigenvalue weighted by Gasteiger charge is -2.48. The number of fused-ring (bicyclic) bond motifs is 1. The second kappa shape index (κ2) is 6.37. The number of hydrogen-bond donors (Lipinski definition) is 0. The molecule has 2 heterocycles. The van der Waals surface area contributed by atoms with E-state index in [1.165, 1.54) is 58.0 Å². The molecule has 0 N–H and O–H groups in total. The van der Waals surface area contributed by atoms with Crippen LogP contribution < -0.4 is 0 Å². The Bertz CT molecular complexity index is 372. The molecule has 3 aliphatic rings. The monoisotopic (exact) mass is 292 g/mol. The third-order valence-electron chi connectivity index (χ3n) is 6.34. The van der Waals surface area contributed by atoms with Gasteiger partial charge < -0.3 is 14.6 Å². The van der Waals surface area contributed by atoms with Crippen LogP contribution in [0.2, 0.25) is 0 Å². The van der Waals surface area contributed by atoms with Gasteiger partial charge in [-0.3, -0.25) is 0 Å². The summed E-state index contributed by atoms with van der Waals surface area (Å²) in [5, 5.41) is 0. The van der Waals surface area contributed by atoms with Gasteiger partial charge in [0.1, 0.15) is 6.29 Å². The van der Waals surface area contributed by atoms with Crippen molar-refractivity contribution >= 4 is 6.29 Å². The van der Waals surface area contributed by atoms with Gasteiger partial charge in [0.15, 0.2) is 0 Å². The fourth-order valence-corrected chi connectivity index (χ4v) is 5.31. The number of carbonyl (C=O) groups is 1. The van der Waals surface area contributed by atoms with E-state index in [-0.39, 0.29) is 5.41 Å². The zero-order valence-electron chi connectivity index (χ0n) is 13.9. The Hall–Kier alpha value is -0.410. The summed E-state index contributed by atoms with van der Waals surface area (Å²) in [6.07, 6.45) is 10.1. The van der Waals surface area contributed by atoms with E-state index in [1.807, 2.05) is 0 Å². The smallest absolute Gasteiger partial charge is 0.127 e. The molecule has 2 saturated heterocycles. The van der Waals surface area contributed by atoms with Gasteiger partial charge in [0.25, 0.3) is 0 Å². The minimum atomic E-state index is -0.0366. The lowest BCUT2D eigenvalue weighted by Crippen LogP contribution is -2.54. The maximum atomic E-state index is 11.8. The van der Waals surface area contributed by atoms with Gasteiger partial charge in [-0.25, -0.2) is 0 Å². The van der Waals surface area contributed by atoms with Crippen LogP contribution in [0.5, 0.6) is 0 Å². The van der Waals surface area contributed by atoms with E-state index < -0.39 is 0 Å². The maximum absolute atomic E-state index is 11.8. The Labute approximate surface area is 130 Å². The van der Waals surface area contributed by atoms with Crippen molar-refractivity contribution in [3.05, 3.63) is 0 Å². The quantitative estimate of drug-likeness (QED) is 0.747. The Morgan fingerprint density at radius 3 is 2.81 bits per heavy atom. The second-order valence-electron chi connectivity index (χ2n) is 8.16. The van der Waals surface area contributed by atoms with Crippen LogP contribution in [0.25, 0.3) is 0 Å². The third kappa shape index (κ3) is 3.34. The number of likely N-dealkylation sites (tertiary alicyclic amines) is 2. The lowest BCUT2D eigenvalue weighted by molar-refractivity contribution is -0.120. The predicted molar refractivity (Wildman–Crippen MR) is 86.3 cm³/mol. The summed E-state index contributed by atoms with van der Waals surface area (Å²) < 4.78 is 0. The molecule has 3 heteroatoms. The topological polar surface area (TPSA) is 23.6 Å². The molecule has 0 bridgehead atoms. The molecule has 4 unspecified atom stereocenters. The molecule has 120 valence electrons. The van der Waals surface area contributed by atoms with E-state index in [4.69, 9.17) is 0 Å². The first-order valence-electron chi connectivity index (χ1n) is 9.01. The molecule has 3 nitrogen and oxygen atoms in total. The summed E-state index contributed by atoms with van der Waals surface area (Å²) in [7, 11) is 2.29. The molecule has 2 aliphatic heterocycles. The van der Waals surface area contributed by atoms with E-state index in [1.54, 1.807) is 0 Å². The number of carbonyl (C=O) groups excluding carboxylic acids is 1. The van der Waals surface area contributed by atoms with Crippen LogP contribution in [0.3, 0.4) is 0 Å². The molecule has 4 atom stereocenters. The van der Waals surface area contributed by atoms with E-state index in [0.29, 0.717) is 0 Å². The minimum Gasteiger partial charge on any atom is -0.303 e. The summed E-state index contributed by atoms with van der Waals surface area (Å²) in [5.41, 5.74) is -0.0366. The Morgan fingerprint density at radius 2 is 2.05 bits per heavy atom. The Balaban J connectivity index is 1.61. The molecular weight excluding hydrogens is 260 g/mol. The van der Waals surface area contributed by atoms with Gasteiger partial charge in [-0.2, -0.15) is 0 Å². The first-order valence-corrected chi connectivity index (χ1v) is 9.01. The predicted octanol–water partition coefficient (Wildman–Crippen LogP) is 2.80. The van der Waals surface area contributed by atoms with Crippen molar-refractivity contribution in [2.75, 3.05) is 33.2 Å². The molecule has 0 aromatic rings. The highest BCUT2D eigenvalue weighted by Crippen LogP contribution is 2.39. The zero-order chi connectivity index (χ0) is 14.9. The fraction of sp³-hybridized carbons (Fsp3) is 0.944. The van der Waals surface area contributed by atoms with Crippen molar-refractivity contribution in [1.82, 2.24) is 9.80 Å². The van der Waals surface area contributed by atoms with Crippen LogP contribution >= 0.6 is 0 Å². The summed E-state index contributed by atoms with van der Waals surface area (Å²) in [6, 6.07) is 0.799. The van der Waals surface area contributed by atoms with Crippen molar-refractivity contribution in [3.63, 3.8) is 0 Å². The molecule has 1 saturated carbocycles. The maximum Gasteiger partial charge on any atom is 0.127 e. The van der Waals surface area contributed by atoms with Gasteiger partial charge in [-0.1, -0.05) is 19.8 Å². The number of piperidine rings is 2. The summed E-state index contributed by atoms with van der Waals surface area (Å²) in [5.74, 6) is 1.56. The molecule has 0 spiro atoms. The fourth-order valence-electron chi connectivity index (χ4n) is 5.31. The average molecular weight is 292 g/mol. The van der Waals surface area contributed by atoms with E-state index >= 15 is 0 Å². The lowest BCUT2D eigenvalue weighted by atomic mass is 9.70. The highest BCUT2D eigenvalue weighted by molar-refractivity contribution is 5.60. The summed E-state index contributed by atoms with van der Waals surface area (Å²) in [4.78, 5) is 17.0. The van der Waals surface area contributed by atoms with E-state index in [2.05, 4.69) is 23.8 Å². The third-order valence-corrected chi connectivity index (χ3v) is 6.34. The van der Waals surface area contributed by atoms with Crippen molar-refractivity contribution in [1.29, 1.82) is 0 Å². The first-order chi connectivity index (χ1) is 10.1. The molecule has 21 heavy (non-hydrogen) atoms. The number of hydrogen-bond acceptors (Lipinski definition) is 3. The Morgan fingerprint density at radius 1 is 1.19 bits per heavy atom. The average Bonchev–Trinajstić information content (AvgIpc) is 2.47. The van der Waals surface area contributed by atoms with Gasteiger partial charge in [-0.05, 0) is 64.1 Å². The van der Waals surface area contributed by atoms with Crippen molar-refractivity contribution in [2.24, 2.45) is 17.3 Å². The van der Waals surface area contributed by atoms with Crippen molar-refractivity contribution < 1.29 is 4.79 Å². The second-order valence-corrected chi connectivity index (χ2v) is 8.16. The van der Waals surface area contributed by atoms with E-state index in [0.717, 1.165) is 37.3 Å². The summed E-state index contributed by atoms with van der Waals surface area (Å²) >= 11 is 0. The molecule has 0 radical (unpaired) electrons. The van der Waals surface area contributed by atoms with Crippen LogP contribution in [0, 0.1) is 17.3 Å².